The van der Waals surface area contributed by atoms with E-state index in [0.717, 1.165) is 22.3 Å². The minimum Gasteiger partial charge on any atom is -0.480 e. The van der Waals surface area contributed by atoms with Gasteiger partial charge < -0.3 is 25.2 Å². The van der Waals surface area contributed by atoms with Crippen molar-refractivity contribution in [3.05, 3.63) is 59.7 Å². The fraction of sp³-hybridized carbons (Fsp3) is 0.444. The summed E-state index contributed by atoms with van der Waals surface area (Å²) in [6.07, 6.45) is 1.15. The molecular formula is C27H32N2O6. The third-order valence-corrected chi connectivity index (χ3v) is 7.03. The summed E-state index contributed by atoms with van der Waals surface area (Å²) in [5.74, 6) is -1.49. The quantitative estimate of drug-likeness (QED) is 0.504. The number of carboxylic acids is 1. The number of benzene rings is 2. The number of hydrogen-bond acceptors (Lipinski definition) is 5. The van der Waals surface area contributed by atoms with Crippen LogP contribution in [-0.2, 0) is 19.1 Å². The van der Waals surface area contributed by atoms with Crippen LogP contribution in [0.1, 0.15) is 49.7 Å². The first kappa shape index (κ1) is 24.7. The smallest absolute Gasteiger partial charge is 0.407 e. The van der Waals surface area contributed by atoms with Gasteiger partial charge in [0.25, 0.3) is 0 Å². The summed E-state index contributed by atoms with van der Waals surface area (Å²) in [7, 11) is 0. The van der Waals surface area contributed by atoms with E-state index in [4.69, 9.17) is 9.47 Å². The van der Waals surface area contributed by atoms with Crippen molar-refractivity contribution in [1.29, 1.82) is 0 Å². The number of carbonyl (C=O) groups is 3. The fourth-order valence-electron chi connectivity index (χ4n) is 4.99. The third-order valence-electron chi connectivity index (χ3n) is 7.03. The lowest BCUT2D eigenvalue weighted by atomic mass is 9.79. The van der Waals surface area contributed by atoms with E-state index in [1.165, 1.54) is 0 Å². The van der Waals surface area contributed by atoms with E-state index in [0.29, 0.717) is 38.9 Å². The maximum Gasteiger partial charge on any atom is 0.407 e. The lowest BCUT2D eigenvalue weighted by Gasteiger charge is -2.36. The molecule has 1 unspecified atom stereocenters. The normalized spacial score (nSPS) is 17.1. The van der Waals surface area contributed by atoms with Crippen molar-refractivity contribution >= 4 is 18.0 Å². The number of rotatable bonds is 9. The number of amides is 2. The predicted octanol–water partition coefficient (Wildman–Crippen LogP) is 3.69. The first-order chi connectivity index (χ1) is 16.9. The second-order valence-corrected chi connectivity index (χ2v) is 9.22. The Kier molecular flexibility index (Phi) is 7.70. The van der Waals surface area contributed by atoms with Gasteiger partial charge in [-0.1, -0.05) is 61.9 Å². The van der Waals surface area contributed by atoms with Gasteiger partial charge in [0.1, 0.15) is 12.6 Å². The molecule has 4 rings (SSSR count). The number of carbonyl (C=O) groups excluding carboxylic acids is 2. The highest BCUT2D eigenvalue weighted by Gasteiger charge is 2.42. The molecular weight excluding hydrogens is 448 g/mol. The molecule has 1 saturated heterocycles. The van der Waals surface area contributed by atoms with Crippen LogP contribution in [0.4, 0.5) is 4.79 Å². The van der Waals surface area contributed by atoms with Crippen molar-refractivity contribution < 1.29 is 29.0 Å². The van der Waals surface area contributed by atoms with Crippen LogP contribution in [0.25, 0.3) is 11.1 Å². The van der Waals surface area contributed by atoms with Crippen molar-refractivity contribution in [2.45, 2.75) is 44.6 Å². The molecule has 2 amide bonds. The fourth-order valence-corrected chi connectivity index (χ4v) is 4.99. The number of aliphatic carboxylic acids is 1. The van der Waals surface area contributed by atoms with Crippen molar-refractivity contribution in [3.63, 3.8) is 0 Å². The van der Waals surface area contributed by atoms with Gasteiger partial charge in [0, 0.05) is 25.7 Å². The summed E-state index contributed by atoms with van der Waals surface area (Å²) >= 11 is 0. The van der Waals surface area contributed by atoms with E-state index in [1.54, 1.807) is 0 Å². The molecule has 3 N–H and O–H groups in total. The Balaban J connectivity index is 1.39. The predicted molar refractivity (Wildman–Crippen MR) is 130 cm³/mol. The largest absolute Gasteiger partial charge is 0.480 e. The number of nitrogens with one attached hydrogen (secondary N) is 2. The van der Waals surface area contributed by atoms with Gasteiger partial charge in [-0.3, -0.25) is 4.79 Å². The Morgan fingerprint density at radius 1 is 1.06 bits per heavy atom. The lowest BCUT2D eigenvalue weighted by molar-refractivity contribution is -0.146. The lowest BCUT2D eigenvalue weighted by Crippen LogP contribution is -2.54. The Hall–Kier alpha value is -3.39. The minimum atomic E-state index is -1.06. The second-order valence-electron chi connectivity index (χ2n) is 9.22. The van der Waals surface area contributed by atoms with E-state index in [1.807, 2.05) is 31.2 Å². The summed E-state index contributed by atoms with van der Waals surface area (Å²) in [4.78, 5) is 37.4. The summed E-state index contributed by atoms with van der Waals surface area (Å²) in [6.45, 7) is 2.83. The molecule has 0 saturated carbocycles. The van der Waals surface area contributed by atoms with E-state index in [2.05, 4.69) is 34.9 Å². The summed E-state index contributed by atoms with van der Waals surface area (Å²) in [5, 5.41) is 14.9. The van der Waals surface area contributed by atoms with Crippen LogP contribution in [0.15, 0.2) is 48.5 Å². The minimum absolute atomic E-state index is 0.0529. The van der Waals surface area contributed by atoms with Gasteiger partial charge in [0.05, 0.1) is 5.41 Å². The molecule has 1 atom stereocenters. The average molecular weight is 481 g/mol. The summed E-state index contributed by atoms with van der Waals surface area (Å²) < 4.78 is 11.0. The van der Waals surface area contributed by atoms with Gasteiger partial charge in [0.2, 0.25) is 5.91 Å². The third kappa shape index (κ3) is 5.32. The molecule has 8 heteroatoms. The topological polar surface area (TPSA) is 114 Å². The van der Waals surface area contributed by atoms with Crippen LogP contribution < -0.4 is 10.6 Å². The summed E-state index contributed by atoms with van der Waals surface area (Å²) in [6, 6.07) is 15.3. The SMILES string of the molecule is CCCC(NC(=O)C1(CNC(=O)OCC2c3ccccc3-c3ccccc32)CCOCC1)C(=O)O. The van der Waals surface area contributed by atoms with E-state index >= 15 is 0 Å². The van der Waals surface area contributed by atoms with Crippen molar-refractivity contribution in [2.24, 2.45) is 5.41 Å². The zero-order valence-electron chi connectivity index (χ0n) is 19.9. The zero-order valence-corrected chi connectivity index (χ0v) is 19.9. The second kappa shape index (κ2) is 10.9. The highest BCUT2D eigenvalue weighted by molar-refractivity contribution is 5.88. The Morgan fingerprint density at radius 2 is 1.66 bits per heavy atom. The average Bonchev–Trinajstić information content (AvgIpc) is 3.20. The molecule has 35 heavy (non-hydrogen) atoms. The summed E-state index contributed by atoms with van der Waals surface area (Å²) in [5.41, 5.74) is 3.60. The van der Waals surface area contributed by atoms with Gasteiger partial charge in [-0.2, -0.15) is 0 Å². The number of ether oxygens (including phenoxy) is 2. The Bertz CT molecular complexity index is 1030. The van der Waals surface area contributed by atoms with Crippen LogP contribution >= 0.6 is 0 Å². The van der Waals surface area contributed by atoms with Crippen LogP contribution in [0, 0.1) is 5.41 Å². The molecule has 0 bridgehead atoms. The molecule has 0 aromatic heterocycles. The molecule has 186 valence electrons. The maximum atomic E-state index is 13.1. The van der Waals surface area contributed by atoms with Gasteiger partial charge >= 0.3 is 12.1 Å². The maximum absolute atomic E-state index is 13.1. The highest BCUT2D eigenvalue weighted by Crippen LogP contribution is 2.44. The monoisotopic (exact) mass is 480 g/mol. The zero-order chi connectivity index (χ0) is 24.8. The molecule has 0 spiro atoms. The molecule has 0 radical (unpaired) electrons. The Labute approximate surface area is 205 Å². The van der Waals surface area contributed by atoms with E-state index in [9.17, 15) is 19.5 Å². The number of hydrogen-bond donors (Lipinski definition) is 3. The molecule has 2 aromatic carbocycles. The van der Waals surface area contributed by atoms with Crippen LogP contribution in [0.5, 0.6) is 0 Å². The molecule has 1 aliphatic heterocycles. The standard InChI is InChI=1S/C27H32N2O6/c1-2-7-23(24(30)31)29-25(32)27(12-14-34-15-13-27)17-28-26(33)35-16-22-20-10-5-3-8-18(20)19-9-4-6-11-21(19)22/h3-6,8-11,22-23H,2,7,12-17H2,1H3,(H,28,33)(H,29,32)(H,30,31). The van der Waals surface area contributed by atoms with Crippen molar-refractivity contribution in [1.82, 2.24) is 10.6 Å². The molecule has 1 heterocycles. The molecule has 2 aromatic rings. The molecule has 1 aliphatic carbocycles. The number of alkyl carbamates (subject to hydrolysis) is 1. The van der Waals surface area contributed by atoms with E-state index < -0.39 is 23.5 Å². The van der Waals surface area contributed by atoms with Crippen LogP contribution in [-0.4, -0.2) is 55.5 Å². The van der Waals surface area contributed by atoms with Crippen LogP contribution in [0.3, 0.4) is 0 Å². The molecule has 2 aliphatic rings. The molecule has 8 nitrogen and oxygen atoms in total. The van der Waals surface area contributed by atoms with Crippen molar-refractivity contribution in [3.8, 4) is 11.1 Å². The molecule has 1 fully saturated rings. The van der Waals surface area contributed by atoms with Crippen LogP contribution in [0.2, 0.25) is 0 Å². The van der Waals surface area contributed by atoms with Gasteiger partial charge in [-0.15, -0.1) is 0 Å². The van der Waals surface area contributed by atoms with Gasteiger partial charge in [-0.25, -0.2) is 9.59 Å². The van der Waals surface area contributed by atoms with Crippen molar-refractivity contribution in [2.75, 3.05) is 26.4 Å². The first-order valence-electron chi connectivity index (χ1n) is 12.2. The highest BCUT2D eigenvalue weighted by atomic mass is 16.5. The van der Waals surface area contributed by atoms with E-state index in [-0.39, 0.29) is 25.0 Å². The van der Waals surface area contributed by atoms with Gasteiger partial charge in [0.15, 0.2) is 0 Å². The van der Waals surface area contributed by atoms with Gasteiger partial charge in [-0.05, 0) is 41.5 Å². The Morgan fingerprint density at radius 3 is 2.23 bits per heavy atom. The first-order valence-corrected chi connectivity index (χ1v) is 12.2. The number of carboxylic acid groups (broad SMARTS) is 1. The number of fused-ring (bicyclic) bond motifs is 3.